The van der Waals surface area contributed by atoms with Gasteiger partial charge in [0.25, 0.3) is 11.5 Å². The van der Waals surface area contributed by atoms with Crippen LogP contribution >= 0.6 is 0 Å². The summed E-state index contributed by atoms with van der Waals surface area (Å²) in [4.78, 5) is 26.0. The minimum Gasteiger partial charge on any atom is -0.490 e. The van der Waals surface area contributed by atoms with Crippen LogP contribution < -0.4 is 10.3 Å². The molecule has 0 unspecified atom stereocenters. The predicted octanol–water partition coefficient (Wildman–Crippen LogP) is 3.40. The fourth-order valence-electron chi connectivity index (χ4n) is 3.16. The zero-order chi connectivity index (χ0) is 20.5. The lowest BCUT2D eigenvalue weighted by atomic mass is 10.1. The van der Waals surface area contributed by atoms with Gasteiger partial charge in [0.1, 0.15) is 11.9 Å². The van der Waals surface area contributed by atoms with Gasteiger partial charge in [-0.3, -0.25) is 9.59 Å². The van der Waals surface area contributed by atoms with Crippen LogP contribution in [0.1, 0.15) is 34.5 Å². The SMILES string of the molecule is Cc1cc(OC2CCN(C(=O)c3ccc(C(F)(F)F)cc3)CC2)cc(=O)n1C. The van der Waals surface area contributed by atoms with Crippen LogP contribution in [0.2, 0.25) is 0 Å². The second kappa shape index (κ2) is 7.69. The van der Waals surface area contributed by atoms with Crippen molar-refractivity contribution in [3.63, 3.8) is 0 Å². The average Bonchev–Trinajstić information content (AvgIpc) is 2.65. The topological polar surface area (TPSA) is 51.5 Å². The van der Waals surface area contributed by atoms with Gasteiger partial charge < -0.3 is 14.2 Å². The van der Waals surface area contributed by atoms with E-state index in [1.807, 2.05) is 6.92 Å². The molecule has 28 heavy (non-hydrogen) atoms. The molecule has 5 nitrogen and oxygen atoms in total. The number of alkyl halides is 3. The lowest BCUT2D eigenvalue weighted by Crippen LogP contribution is -2.41. The van der Waals surface area contributed by atoms with Crippen molar-refractivity contribution in [2.24, 2.45) is 7.05 Å². The maximum Gasteiger partial charge on any atom is 0.416 e. The number of hydrogen-bond donors (Lipinski definition) is 0. The van der Waals surface area contributed by atoms with Crippen LogP contribution in [0.3, 0.4) is 0 Å². The number of halogens is 3. The van der Waals surface area contributed by atoms with E-state index in [9.17, 15) is 22.8 Å². The summed E-state index contributed by atoms with van der Waals surface area (Å²) in [5, 5.41) is 0. The maximum absolute atomic E-state index is 12.6. The van der Waals surface area contributed by atoms with E-state index in [0.29, 0.717) is 31.7 Å². The van der Waals surface area contributed by atoms with E-state index in [1.165, 1.54) is 22.8 Å². The molecule has 0 N–H and O–H groups in total. The molecule has 2 heterocycles. The summed E-state index contributed by atoms with van der Waals surface area (Å²) >= 11 is 0. The monoisotopic (exact) mass is 394 g/mol. The van der Waals surface area contributed by atoms with Gasteiger partial charge in [-0.25, -0.2) is 0 Å². The zero-order valence-corrected chi connectivity index (χ0v) is 15.6. The molecule has 150 valence electrons. The van der Waals surface area contributed by atoms with Gasteiger partial charge in [0, 0.05) is 50.3 Å². The minimum atomic E-state index is -4.42. The summed E-state index contributed by atoms with van der Waals surface area (Å²) in [7, 11) is 1.69. The molecular weight excluding hydrogens is 373 g/mol. The molecule has 1 aliphatic rings. The Balaban J connectivity index is 1.59. The second-order valence-corrected chi connectivity index (χ2v) is 6.91. The highest BCUT2D eigenvalue weighted by Crippen LogP contribution is 2.29. The molecule has 0 bridgehead atoms. The first-order valence-electron chi connectivity index (χ1n) is 8.96. The van der Waals surface area contributed by atoms with Crippen LogP contribution in [-0.2, 0) is 13.2 Å². The zero-order valence-electron chi connectivity index (χ0n) is 15.6. The number of aromatic nitrogens is 1. The number of hydrogen-bond acceptors (Lipinski definition) is 3. The number of nitrogens with zero attached hydrogens (tertiary/aromatic N) is 2. The Kier molecular flexibility index (Phi) is 5.49. The third-order valence-corrected chi connectivity index (χ3v) is 4.97. The molecule has 1 aromatic heterocycles. The molecule has 1 aromatic carbocycles. The Hall–Kier alpha value is -2.77. The smallest absolute Gasteiger partial charge is 0.416 e. The van der Waals surface area contributed by atoms with Gasteiger partial charge in [-0.2, -0.15) is 13.2 Å². The summed E-state index contributed by atoms with van der Waals surface area (Å²) in [6, 6.07) is 7.48. The Labute approximate surface area is 160 Å². The second-order valence-electron chi connectivity index (χ2n) is 6.91. The minimum absolute atomic E-state index is 0.122. The predicted molar refractivity (Wildman–Crippen MR) is 97.4 cm³/mol. The number of rotatable bonds is 3. The van der Waals surface area contributed by atoms with Crippen LogP contribution in [-0.4, -0.2) is 34.6 Å². The van der Waals surface area contributed by atoms with Gasteiger partial charge in [0.15, 0.2) is 0 Å². The standard InChI is InChI=1S/C20H21F3N2O3/c1-13-11-17(12-18(26)24(13)2)28-16-7-9-25(10-8-16)19(27)14-3-5-15(6-4-14)20(21,22)23/h3-6,11-12,16H,7-10H2,1-2H3. The lowest BCUT2D eigenvalue weighted by Gasteiger charge is -2.32. The van der Waals surface area contributed by atoms with Crippen molar-refractivity contribution in [1.82, 2.24) is 9.47 Å². The highest BCUT2D eigenvalue weighted by Gasteiger charge is 2.31. The normalized spacial score (nSPS) is 15.5. The van der Waals surface area contributed by atoms with Gasteiger partial charge in [0.2, 0.25) is 0 Å². The van der Waals surface area contributed by atoms with Gasteiger partial charge in [-0.05, 0) is 37.3 Å². The highest BCUT2D eigenvalue weighted by atomic mass is 19.4. The Morgan fingerprint density at radius 1 is 1.11 bits per heavy atom. The fraction of sp³-hybridized carbons (Fsp3) is 0.400. The molecule has 8 heteroatoms. The Bertz CT molecular complexity index is 912. The van der Waals surface area contributed by atoms with Crippen LogP contribution in [0.5, 0.6) is 5.75 Å². The molecule has 1 amide bonds. The Morgan fingerprint density at radius 3 is 2.25 bits per heavy atom. The van der Waals surface area contributed by atoms with E-state index in [1.54, 1.807) is 18.0 Å². The average molecular weight is 394 g/mol. The molecular formula is C20H21F3N2O3. The van der Waals surface area contributed by atoms with Gasteiger partial charge >= 0.3 is 6.18 Å². The van der Waals surface area contributed by atoms with Crippen molar-refractivity contribution in [3.8, 4) is 5.75 Å². The van der Waals surface area contributed by atoms with Gasteiger partial charge in [-0.15, -0.1) is 0 Å². The molecule has 1 fully saturated rings. The molecule has 0 atom stereocenters. The van der Waals surface area contributed by atoms with E-state index in [0.717, 1.165) is 17.8 Å². The molecule has 0 aliphatic carbocycles. The van der Waals surface area contributed by atoms with Crippen LogP contribution in [0.4, 0.5) is 13.2 Å². The molecule has 0 radical (unpaired) electrons. The number of likely N-dealkylation sites (tertiary alicyclic amines) is 1. The quantitative estimate of drug-likeness (QED) is 0.802. The lowest BCUT2D eigenvalue weighted by molar-refractivity contribution is -0.137. The van der Waals surface area contributed by atoms with Crippen molar-refractivity contribution in [2.75, 3.05) is 13.1 Å². The van der Waals surface area contributed by atoms with E-state index in [4.69, 9.17) is 4.74 Å². The molecule has 0 saturated carbocycles. The van der Waals surface area contributed by atoms with E-state index in [-0.39, 0.29) is 23.1 Å². The van der Waals surface area contributed by atoms with Gasteiger partial charge in [0.05, 0.1) is 5.56 Å². The van der Waals surface area contributed by atoms with Crippen LogP contribution in [0.25, 0.3) is 0 Å². The first kappa shape index (κ1) is 20.0. The van der Waals surface area contributed by atoms with Crippen LogP contribution in [0, 0.1) is 6.92 Å². The first-order chi connectivity index (χ1) is 13.1. The highest BCUT2D eigenvalue weighted by molar-refractivity contribution is 5.94. The Morgan fingerprint density at radius 2 is 1.71 bits per heavy atom. The van der Waals surface area contributed by atoms with Crippen molar-refractivity contribution in [2.45, 2.75) is 32.0 Å². The number of benzene rings is 1. The summed E-state index contributed by atoms with van der Waals surface area (Å²) in [5.74, 6) is 0.213. The summed E-state index contributed by atoms with van der Waals surface area (Å²) in [6.07, 6.45) is -3.38. The number of amides is 1. The van der Waals surface area contributed by atoms with Crippen LogP contribution in [0.15, 0.2) is 41.2 Å². The number of pyridine rings is 1. The summed E-state index contributed by atoms with van der Waals surface area (Å²) in [5.41, 5.74) is 0.0948. The maximum atomic E-state index is 12.6. The number of carbonyl (C=O) groups is 1. The largest absolute Gasteiger partial charge is 0.490 e. The third-order valence-electron chi connectivity index (χ3n) is 4.97. The van der Waals surface area contributed by atoms with E-state index < -0.39 is 11.7 Å². The number of ether oxygens (including phenoxy) is 1. The number of carbonyl (C=O) groups excluding carboxylic acids is 1. The van der Waals surface area contributed by atoms with E-state index >= 15 is 0 Å². The van der Waals surface area contributed by atoms with Crippen molar-refractivity contribution in [3.05, 3.63) is 63.6 Å². The molecule has 1 saturated heterocycles. The number of aryl methyl sites for hydroxylation is 1. The van der Waals surface area contributed by atoms with Crippen molar-refractivity contribution < 1.29 is 22.7 Å². The van der Waals surface area contributed by atoms with Gasteiger partial charge in [-0.1, -0.05) is 0 Å². The molecule has 0 spiro atoms. The van der Waals surface area contributed by atoms with E-state index in [2.05, 4.69) is 0 Å². The summed E-state index contributed by atoms with van der Waals surface area (Å²) < 4.78 is 45.3. The third kappa shape index (κ3) is 4.37. The molecule has 3 rings (SSSR count). The van der Waals surface area contributed by atoms with Crippen molar-refractivity contribution in [1.29, 1.82) is 0 Å². The van der Waals surface area contributed by atoms with Crippen molar-refractivity contribution >= 4 is 5.91 Å². The first-order valence-corrected chi connectivity index (χ1v) is 8.96. The number of piperidine rings is 1. The fourth-order valence-corrected chi connectivity index (χ4v) is 3.16. The molecule has 1 aliphatic heterocycles. The summed E-state index contributed by atoms with van der Waals surface area (Å²) in [6.45, 7) is 2.70. The molecule has 2 aromatic rings.